The number of rotatable bonds is 8. The predicted octanol–water partition coefficient (Wildman–Crippen LogP) is 0.542. The lowest BCUT2D eigenvalue weighted by atomic mass is 10.2. The van der Waals surface area contributed by atoms with Gasteiger partial charge in [0.05, 0.1) is 25.9 Å². The molecular formula is C11H23NO3. The SMILES string of the molecule is COCCOCC(O)CNC1CCCC1. The van der Waals surface area contributed by atoms with Crippen molar-refractivity contribution in [1.82, 2.24) is 5.32 Å². The van der Waals surface area contributed by atoms with E-state index in [9.17, 15) is 5.11 Å². The Kier molecular flexibility index (Phi) is 6.92. The maximum atomic E-state index is 9.58. The van der Waals surface area contributed by atoms with Crippen molar-refractivity contribution >= 4 is 0 Å². The van der Waals surface area contributed by atoms with Gasteiger partial charge < -0.3 is 19.9 Å². The molecule has 1 saturated carbocycles. The molecular weight excluding hydrogens is 194 g/mol. The Labute approximate surface area is 92.0 Å². The molecule has 0 heterocycles. The molecule has 0 spiro atoms. The van der Waals surface area contributed by atoms with E-state index in [-0.39, 0.29) is 0 Å². The van der Waals surface area contributed by atoms with Gasteiger partial charge in [-0.25, -0.2) is 0 Å². The van der Waals surface area contributed by atoms with Crippen LogP contribution in [0.4, 0.5) is 0 Å². The zero-order chi connectivity index (χ0) is 10.9. The monoisotopic (exact) mass is 217 g/mol. The van der Waals surface area contributed by atoms with Crippen LogP contribution in [0.5, 0.6) is 0 Å². The number of hydrogen-bond acceptors (Lipinski definition) is 4. The topological polar surface area (TPSA) is 50.7 Å². The highest BCUT2D eigenvalue weighted by atomic mass is 16.5. The molecule has 4 heteroatoms. The molecule has 1 fully saturated rings. The second-order valence-electron chi connectivity index (χ2n) is 4.11. The highest BCUT2D eigenvalue weighted by Crippen LogP contribution is 2.17. The first-order valence-corrected chi connectivity index (χ1v) is 5.81. The van der Waals surface area contributed by atoms with Gasteiger partial charge in [-0.1, -0.05) is 12.8 Å². The first kappa shape index (κ1) is 12.9. The number of methoxy groups -OCH3 is 1. The van der Waals surface area contributed by atoms with Gasteiger partial charge in [-0.05, 0) is 12.8 Å². The van der Waals surface area contributed by atoms with Gasteiger partial charge in [0.1, 0.15) is 0 Å². The minimum absolute atomic E-state index is 0.392. The number of hydrogen-bond donors (Lipinski definition) is 2. The van der Waals surface area contributed by atoms with Crippen molar-refractivity contribution in [2.75, 3.05) is 33.5 Å². The Morgan fingerprint density at radius 3 is 2.73 bits per heavy atom. The van der Waals surface area contributed by atoms with Crippen LogP contribution in [0.2, 0.25) is 0 Å². The Balaban J connectivity index is 1.90. The molecule has 1 rings (SSSR count). The standard InChI is InChI=1S/C11H23NO3/c1-14-6-7-15-9-11(13)8-12-10-4-2-3-5-10/h10-13H,2-9H2,1H3. The van der Waals surface area contributed by atoms with Crippen LogP contribution in [0.15, 0.2) is 0 Å². The molecule has 4 nitrogen and oxygen atoms in total. The smallest absolute Gasteiger partial charge is 0.0897 e. The quantitative estimate of drug-likeness (QED) is 0.583. The summed E-state index contributed by atoms with van der Waals surface area (Å²) in [5.74, 6) is 0. The van der Waals surface area contributed by atoms with Crippen LogP contribution in [0.25, 0.3) is 0 Å². The van der Waals surface area contributed by atoms with Gasteiger partial charge in [0, 0.05) is 19.7 Å². The summed E-state index contributed by atoms with van der Waals surface area (Å²) < 4.78 is 10.1. The number of nitrogens with one attached hydrogen (secondary N) is 1. The van der Waals surface area contributed by atoms with E-state index in [0.717, 1.165) is 0 Å². The maximum Gasteiger partial charge on any atom is 0.0897 e. The van der Waals surface area contributed by atoms with Gasteiger partial charge in [-0.15, -0.1) is 0 Å². The highest BCUT2D eigenvalue weighted by molar-refractivity contribution is 4.74. The number of ether oxygens (including phenoxy) is 2. The highest BCUT2D eigenvalue weighted by Gasteiger charge is 2.15. The van der Waals surface area contributed by atoms with E-state index in [1.54, 1.807) is 7.11 Å². The summed E-state index contributed by atoms with van der Waals surface area (Å²) in [6, 6.07) is 0.610. The minimum atomic E-state index is -0.401. The number of aliphatic hydroxyl groups is 1. The molecule has 1 atom stereocenters. The van der Waals surface area contributed by atoms with Crippen molar-refractivity contribution < 1.29 is 14.6 Å². The van der Waals surface area contributed by atoms with E-state index in [4.69, 9.17) is 9.47 Å². The molecule has 0 aliphatic heterocycles. The van der Waals surface area contributed by atoms with Crippen molar-refractivity contribution in [3.63, 3.8) is 0 Å². The maximum absolute atomic E-state index is 9.58. The van der Waals surface area contributed by atoms with Gasteiger partial charge in [0.15, 0.2) is 0 Å². The third kappa shape index (κ3) is 6.10. The van der Waals surface area contributed by atoms with E-state index in [0.29, 0.717) is 32.4 Å². The summed E-state index contributed by atoms with van der Waals surface area (Å²) in [5.41, 5.74) is 0. The first-order chi connectivity index (χ1) is 7.33. The average molecular weight is 217 g/mol. The summed E-state index contributed by atoms with van der Waals surface area (Å²) in [7, 11) is 1.64. The number of aliphatic hydroxyl groups excluding tert-OH is 1. The zero-order valence-corrected chi connectivity index (χ0v) is 9.58. The predicted molar refractivity (Wildman–Crippen MR) is 59.0 cm³/mol. The summed E-state index contributed by atoms with van der Waals surface area (Å²) in [5, 5.41) is 12.9. The summed E-state index contributed by atoms with van der Waals surface area (Å²) in [4.78, 5) is 0. The molecule has 0 aromatic heterocycles. The van der Waals surface area contributed by atoms with Crippen LogP contribution < -0.4 is 5.32 Å². The first-order valence-electron chi connectivity index (χ1n) is 5.81. The third-order valence-corrected chi connectivity index (χ3v) is 2.74. The molecule has 0 radical (unpaired) electrons. The molecule has 1 unspecified atom stereocenters. The molecule has 0 aromatic carbocycles. The molecule has 15 heavy (non-hydrogen) atoms. The van der Waals surface area contributed by atoms with Gasteiger partial charge in [-0.3, -0.25) is 0 Å². The van der Waals surface area contributed by atoms with Crippen LogP contribution >= 0.6 is 0 Å². The average Bonchev–Trinajstić information content (AvgIpc) is 2.74. The van der Waals surface area contributed by atoms with Crippen molar-refractivity contribution in [2.45, 2.75) is 37.8 Å². The molecule has 0 amide bonds. The summed E-state index contributed by atoms with van der Waals surface area (Å²) in [6.45, 7) is 2.17. The third-order valence-electron chi connectivity index (χ3n) is 2.74. The lowest BCUT2D eigenvalue weighted by molar-refractivity contribution is 0.0130. The normalized spacial score (nSPS) is 19.6. The van der Waals surface area contributed by atoms with Crippen LogP contribution in [-0.4, -0.2) is 50.7 Å². The minimum Gasteiger partial charge on any atom is -0.389 e. The van der Waals surface area contributed by atoms with Crippen molar-refractivity contribution in [3.05, 3.63) is 0 Å². The molecule has 2 N–H and O–H groups in total. The van der Waals surface area contributed by atoms with Gasteiger partial charge in [0.2, 0.25) is 0 Å². The lowest BCUT2D eigenvalue weighted by Crippen LogP contribution is -2.36. The van der Waals surface area contributed by atoms with Crippen LogP contribution in [0.1, 0.15) is 25.7 Å². The van der Waals surface area contributed by atoms with E-state index >= 15 is 0 Å². The van der Waals surface area contributed by atoms with Crippen molar-refractivity contribution in [1.29, 1.82) is 0 Å². The lowest BCUT2D eigenvalue weighted by Gasteiger charge is -2.16. The fraction of sp³-hybridized carbons (Fsp3) is 1.00. The fourth-order valence-corrected chi connectivity index (χ4v) is 1.85. The summed E-state index contributed by atoms with van der Waals surface area (Å²) >= 11 is 0. The van der Waals surface area contributed by atoms with Crippen LogP contribution in [0.3, 0.4) is 0 Å². The fourth-order valence-electron chi connectivity index (χ4n) is 1.85. The zero-order valence-electron chi connectivity index (χ0n) is 9.58. The van der Waals surface area contributed by atoms with Gasteiger partial charge in [-0.2, -0.15) is 0 Å². The largest absolute Gasteiger partial charge is 0.389 e. The second-order valence-corrected chi connectivity index (χ2v) is 4.11. The van der Waals surface area contributed by atoms with Crippen LogP contribution in [0, 0.1) is 0 Å². The Bertz CT molecular complexity index is 149. The van der Waals surface area contributed by atoms with E-state index in [1.807, 2.05) is 0 Å². The van der Waals surface area contributed by atoms with Gasteiger partial charge in [0.25, 0.3) is 0 Å². The Hall–Kier alpha value is -0.160. The Morgan fingerprint density at radius 2 is 2.07 bits per heavy atom. The van der Waals surface area contributed by atoms with E-state index in [1.165, 1.54) is 25.7 Å². The van der Waals surface area contributed by atoms with Crippen molar-refractivity contribution in [3.8, 4) is 0 Å². The molecule has 0 saturated heterocycles. The van der Waals surface area contributed by atoms with Crippen molar-refractivity contribution in [2.24, 2.45) is 0 Å². The summed E-state index contributed by atoms with van der Waals surface area (Å²) in [6.07, 6.45) is 4.73. The van der Waals surface area contributed by atoms with Gasteiger partial charge >= 0.3 is 0 Å². The molecule has 0 aromatic rings. The second kappa shape index (κ2) is 8.05. The van der Waals surface area contributed by atoms with E-state index in [2.05, 4.69) is 5.32 Å². The van der Waals surface area contributed by atoms with E-state index < -0.39 is 6.10 Å². The molecule has 1 aliphatic rings. The van der Waals surface area contributed by atoms with Crippen LogP contribution in [-0.2, 0) is 9.47 Å². The Morgan fingerprint density at radius 1 is 1.33 bits per heavy atom. The molecule has 90 valence electrons. The molecule has 1 aliphatic carbocycles. The molecule has 0 bridgehead atoms.